The predicted molar refractivity (Wildman–Crippen MR) is 107 cm³/mol. The summed E-state index contributed by atoms with van der Waals surface area (Å²) in [7, 11) is 0. The highest BCUT2D eigenvalue weighted by Gasteiger charge is 2.34. The number of alkyl halides is 3. The number of nitrogens with one attached hydrogen (secondary N) is 1. The summed E-state index contributed by atoms with van der Waals surface area (Å²) in [5, 5.41) is 11.2. The maximum absolute atomic E-state index is 12.9. The van der Waals surface area contributed by atoms with Crippen molar-refractivity contribution in [2.45, 2.75) is 44.9 Å². The van der Waals surface area contributed by atoms with Gasteiger partial charge in [-0.3, -0.25) is 9.59 Å². The second kappa shape index (κ2) is 8.37. The highest BCUT2D eigenvalue weighted by molar-refractivity contribution is 5.91. The highest BCUT2D eigenvalue weighted by atomic mass is 19.4. The van der Waals surface area contributed by atoms with Crippen LogP contribution in [0.5, 0.6) is 0 Å². The molecule has 3 heterocycles. The molecule has 0 fully saturated rings. The number of pyridine rings is 1. The SMILES string of the molecule is O=C(Cn1cccc(C(F)(F)F)c1=O)Nc1cccc(-c2nnc3n2CCCCC3)c1. The number of fused-ring (bicyclic) bond motifs is 1. The summed E-state index contributed by atoms with van der Waals surface area (Å²) in [6.07, 6.45) is 0.493. The lowest BCUT2D eigenvalue weighted by atomic mass is 10.2. The van der Waals surface area contributed by atoms with E-state index in [4.69, 9.17) is 0 Å². The minimum atomic E-state index is -4.78. The van der Waals surface area contributed by atoms with E-state index in [9.17, 15) is 22.8 Å². The van der Waals surface area contributed by atoms with Crippen LogP contribution in [0.15, 0.2) is 47.4 Å². The van der Waals surface area contributed by atoms with E-state index in [1.165, 1.54) is 0 Å². The Morgan fingerprint density at radius 3 is 2.74 bits per heavy atom. The largest absolute Gasteiger partial charge is 0.421 e. The number of halogens is 3. The van der Waals surface area contributed by atoms with E-state index < -0.39 is 29.8 Å². The molecule has 162 valence electrons. The van der Waals surface area contributed by atoms with Gasteiger partial charge in [-0.1, -0.05) is 18.6 Å². The number of aryl methyl sites for hydroxylation is 1. The molecule has 1 N–H and O–H groups in total. The molecule has 0 aliphatic carbocycles. The number of anilines is 1. The van der Waals surface area contributed by atoms with E-state index in [-0.39, 0.29) is 0 Å². The average Bonchev–Trinajstić information content (AvgIpc) is 2.97. The number of benzene rings is 1. The lowest BCUT2D eigenvalue weighted by Crippen LogP contribution is -2.31. The van der Waals surface area contributed by atoms with Crippen molar-refractivity contribution in [1.82, 2.24) is 19.3 Å². The Bertz CT molecular complexity index is 1170. The smallest absolute Gasteiger partial charge is 0.325 e. The number of aromatic nitrogens is 4. The maximum atomic E-state index is 12.9. The minimum absolute atomic E-state index is 0.452. The number of amides is 1. The van der Waals surface area contributed by atoms with Gasteiger partial charge in [-0.15, -0.1) is 10.2 Å². The Balaban J connectivity index is 1.52. The molecule has 10 heteroatoms. The maximum Gasteiger partial charge on any atom is 0.421 e. The molecule has 0 atom stereocenters. The molecule has 3 aromatic rings. The first-order chi connectivity index (χ1) is 14.8. The van der Waals surface area contributed by atoms with Crippen molar-refractivity contribution >= 4 is 11.6 Å². The van der Waals surface area contributed by atoms with Crippen molar-refractivity contribution in [2.75, 3.05) is 5.32 Å². The molecule has 0 radical (unpaired) electrons. The normalized spacial score (nSPS) is 14.0. The molecule has 7 nitrogen and oxygen atoms in total. The second-order valence-electron chi connectivity index (χ2n) is 7.38. The molecule has 1 aliphatic heterocycles. The number of hydrogen-bond acceptors (Lipinski definition) is 4. The van der Waals surface area contributed by atoms with Crippen LogP contribution in [0.1, 0.15) is 30.7 Å². The molecule has 1 aromatic carbocycles. The van der Waals surface area contributed by atoms with Gasteiger partial charge in [0.2, 0.25) is 5.91 Å². The molecule has 0 unspecified atom stereocenters. The van der Waals surface area contributed by atoms with Crippen LogP contribution in [0, 0.1) is 0 Å². The van der Waals surface area contributed by atoms with Gasteiger partial charge in [-0.05, 0) is 37.1 Å². The van der Waals surface area contributed by atoms with Gasteiger partial charge in [-0.2, -0.15) is 13.2 Å². The molecule has 0 saturated carbocycles. The number of nitrogens with zero attached hydrogens (tertiary/aromatic N) is 4. The third-order valence-corrected chi connectivity index (χ3v) is 5.15. The van der Waals surface area contributed by atoms with E-state index >= 15 is 0 Å². The van der Waals surface area contributed by atoms with Crippen LogP contribution in [0.25, 0.3) is 11.4 Å². The molecule has 31 heavy (non-hydrogen) atoms. The van der Waals surface area contributed by atoms with Crippen LogP contribution < -0.4 is 10.9 Å². The number of carbonyl (C=O) groups is 1. The lowest BCUT2D eigenvalue weighted by molar-refractivity contribution is -0.139. The molecular weight excluding hydrogens is 411 g/mol. The van der Waals surface area contributed by atoms with Crippen LogP contribution in [-0.4, -0.2) is 25.2 Å². The van der Waals surface area contributed by atoms with E-state index in [0.29, 0.717) is 17.6 Å². The van der Waals surface area contributed by atoms with Gasteiger partial charge in [0, 0.05) is 30.4 Å². The predicted octanol–water partition coefficient (Wildman–Crippen LogP) is 3.49. The Kier molecular flexibility index (Phi) is 5.62. The minimum Gasteiger partial charge on any atom is -0.325 e. The molecule has 1 amide bonds. The first-order valence-corrected chi connectivity index (χ1v) is 9.92. The molecular formula is C21H20F3N5O2. The van der Waals surface area contributed by atoms with Gasteiger partial charge in [0.25, 0.3) is 5.56 Å². The zero-order valence-electron chi connectivity index (χ0n) is 16.5. The highest BCUT2D eigenvalue weighted by Crippen LogP contribution is 2.26. The first kappa shape index (κ1) is 20.8. The van der Waals surface area contributed by atoms with E-state index in [1.54, 1.807) is 18.2 Å². The van der Waals surface area contributed by atoms with Crippen molar-refractivity contribution in [2.24, 2.45) is 0 Å². The molecule has 4 rings (SSSR count). The molecule has 1 aliphatic rings. The Hall–Kier alpha value is -3.43. The Labute approximate surface area is 175 Å². The molecule has 0 saturated heterocycles. The Morgan fingerprint density at radius 2 is 1.94 bits per heavy atom. The standard InChI is InChI=1S/C21H20F3N5O2/c22-21(23,24)16-8-5-10-28(20(16)31)13-18(30)25-15-7-4-6-14(12-15)19-27-26-17-9-2-1-3-11-29(17)19/h4-8,10,12H,1-3,9,11,13H2,(H,25,30). The second-order valence-corrected chi connectivity index (χ2v) is 7.38. The fourth-order valence-corrected chi connectivity index (χ4v) is 3.67. The fourth-order valence-electron chi connectivity index (χ4n) is 3.67. The van der Waals surface area contributed by atoms with Crippen LogP contribution in [0.4, 0.5) is 18.9 Å². The summed E-state index contributed by atoms with van der Waals surface area (Å²) in [5.74, 6) is 1.03. The quantitative estimate of drug-likeness (QED) is 0.686. The van der Waals surface area contributed by atoms with Crippen molar-refractivity contribution < 1.29 is 18.0 Å². The summed E-state index contributed by atoms with van der Waals surface area (Å²) in [5.41, 5.74) is -1.34. The molecule has 2 aromatic heterocycles. The van der Waals surface area contributed by atoms with E-state index in [0.717, 1.165) is 60.4 Å². The number of hydrogen-bond donors (Lipinski definition) is 1. The lowest BCUT2D eigenvalue weighted by Gasteiger charge is -2.11. The van der Waals surface area contributed by atoms with Gasteiger partial charge in [0.1, 0.15) is 17.9 Å². The van der Waals surface area contributed by atoms with Crippen LogP contribution in [-0.2, 0) is 30.5 Å². The van der Waals surface area contributed by atoms with Gasteiger partial charge in [0.05, 0.1) is 0 Å². The number of carbonyl (C=O) groups excluding carboxylic acids is 1. The van der Waals surface area contributed by atoms with Crippen LogP contribution >= 0.6 is 0 Å². The van der Waals surface area contributed by atoms with Crippen molar-refractivity contribution in [1.29, 1.82) is 0 Å². The summed E-state index contributed by atoms with van der Waals surface area (Å²) in [6.45, 7) is 0.292. The van der Waals surface area contributed by atoms with Crippen LogP contribution in [0.3, 0.4) is 0 Å². The van der Waals surface area contributed by atoms with Gasteiger partial charge < -0.3 is 14.5 Å². The first-order valence-electron chi connectivity index (χ1n) is 9.92. The zero-order valence-corrected chi connectivity index (χ0v) is 16.5. The average molecular weight is 431 g/mol. The molecule has 0 spiro atoms. The van der Waals surface area contributed by atoms with Crippen LogP contribution in [0.2, 0.25) is 0 Å². The number of rotatable bonds is 4. The van der Waals surface area contributed by atoms with E-state index in [2.05, 4.69) is 20.1 Å². The fraction of sp³-hybridized carbons (Fsp3) is 0.333. The monoisotopic (exact) mass is 431 g/mol. The van der Waals surface area contributed by atoms with Gasteiger partial charge in [0.15, 0.2) is 5.82 Å². The third kappa shape index (κ3) is 4.52. The zero-order chi connectivity index (χ0) is 22.0. The van der Waals surface area contributed by atoms with Crippen molar-refractivity contribution in [3.8, 4) is 11.4 Å². The van der Waals surface area contributed by atoms with Gasteiger partial charge in [-0.25, -0.2) is 0 Å². The summed E-state index contributed by atoms with van der Waals surface area (Å²) < 4.78 is 41.5. The third-order valence-electron chi connectivity index (χ3n) is 5.15. The van der Waals surface area contributed by atoms with Crippen molar-refractivity contribution in [3.63, 3.8) is 0 Å². The summed E-state index contributed by atoms with van der Waals surface area (Å²) >= 11 is 0. The topological polar surface area (TPSA) is 81.8 Å². The summed E-state index contributed by atoms with van der Waals surface area (Å²) in [4.78, 5) is 24.4. The van der Waals surface area contributed by atoms with Gasteiger partial charge >= 0.3 is 6.18 Å². The Morgan fingerprint density at radius 1 is 1.10 bits per heavy atom. The summed E-state index contributed by atoms with van der Waals surface area (Å²) in [6, 6.07) is 8.79. The van der Waals surface area contributed by atoms with Crippen molar-refractivity contribution in [3.05, 3.63) is 64.3 Å². The van der Waals surface area contributed by atoms with E-state index in [1.807, 2.05) is 6.07 Å². The molecule has 0 bridgehead atoms.